The Balaban J connectivity index is 0.000000775. The molecule has 12 heteroatoms. The Kier molecular flexibility index (Phi) is 14.6. The van der Waals surface area contributed by atoms with Crippen molar-refractivity contribution >= 4 is 48.0 Å². The summed E-state index contributed by atoms with van der Waals surface area (Å²) in [5, 5.41) is 19.2. The number of aliphatic carboxylic acids is 1. The number of ether oxygens (including phenoxy) is 1. The highest BCUT2D eigenvalue weighted by Gasteiger charge is 2.14. The Morgan fingerprint density at radius 1 is 1.23 bits per heavy atom. The van der Waals surface area contributed by atoms with E-state index >= 15 is 0 Å². The van der Waals surface area contributed by atoms with Gasteiger partial charge >= 0.3 is 5.97 Å². The summed E-state index contributed by atoms with van der Waals surface area (Å²) in [6.07, 6.45) is 5.66. The van der Waals surface area contributed by atoms with Crippen LogP contribution in [0.2, 0.25) is 0 Å². The normalized spacial score (nSPS) is 10.3. The van der Waals surface area contributed by atoms with Gasteiger partial charge in [0, 0.05) is 38.4 Å². The van der Waals surface area contributed by atoms with Crippen LogP contribution in [0.1, 0.15) is 53.0 Å². The van der Waals surface area contributed by atoms with Gasteiger partial charge in [0.05, 0.1) is 18.1 Å². The predicted molar refractivity (Wildman–Crippen MR) is 159 cm³/mol. The molecule has 2 heterocycles. The predicted octanol–water partition coefficient (Wildman–Crippen LogP) is 5.09. The third-order valence-corrected chi connectivity index (χ3v) is 5.01. The van der Waals surface area contributed by atoms with Crippen LogP contribution in [0.15, 0.2) is 47.8 Å². The van der Waals surface area contributed by atoms with Crippen molar-refractivity contribution in [1.29, 1.82) is 0 Å². The summed E-state index contributed by atoms with van der Waals surface area (Å²) in [5.41, 5.74) is 3.10. The van der Waals surface area contributed by atoms with Gasteiger partial charge in [0.25, 0.3) is 6.47 Å². The topological polar surface area (TPSA) is 147 Å². The van der Waals surface area contributed by atoms with Crippen molar-refractivity contribution in [1.82, 2.24) is 25.1 Å². The summed E-state index contributed by atoms with van der Waals surface area (Å²) in [4.78, 5) is 35.1. The van der Waals surface area contributed by atoms with Crippen LogP contribution in [0.25, 0.3) is 0 Å². The Morgan fingerprint density at radius 3 is 2.42 bits per heavy atom. The maximum Gasteiger partial charge on any atom is 0.303 e. The minimum Gasteiger partial charge on any atom is -0.481 e. The molecule has 3 N–H and O–H groups in total. The number of hydrogen-bond acceptors (Lipinski definition) is 10. The third kappa shape index (κ3) is 12.0. The summed E-state index contributed by atoms with van der Waals surface area (Å²) < 4.78 is 6.23. The molecule has 0 fully saturated rings. The minimum absolute atomic E-state index is 0.105. The fourth-order valence-corrected chi connectivity index (χ4v) is 3.17. The molecule has 0 unspecified atom stereocenters. The summed E-state index contributed by atoms with van der Waals surface area (Å²) in [7, 11) is 3.83. The molecule has 12 nitrogen and oxygen atoms in total. The molecule has 0 atom stereocenters. The molecule has 3 aromatic rings. The number of nitrogens with one attached hydrogen (secondary N) is 2. The second kappa shape index (κ2) is 17.3. The van der Waals surface area contributed by atoms with E-state index in [0.29, 0.717) is 42.6 Å². The van der Waals surface area contributed by atoms with E-state index in [4.69, 9.17) is 5.11 Å². The largest absolute Gasteiger partial charge is 0.481 e. The zero-order valence-electron chi connectivity index (χ0n) is 24.5. The molecule has 2 aromatic heterocycles. The van der Waals surface area contributed by atoms with E-state index in [1.54, 1.807) is 23.3 Å². The number of carboxylic acid groups (broad SMARTS) is 1. The van der Waals surface area contributed by atoms with E-state index in [2.05, 4.69) is 54.3 Å². The van der Waals surface area contributed by atoms with Gasteiger partial charge in [-0.1, -0.05) is 26.0 Å². The second-order valence-electron chi connectivity index (χ2n) is 9.26. The maximum absolute atomic E-state index is 10.6. The van der Waals surface area contributed by atoms with E-state index < -0.39 is 5.97 Å². The number of carboxylic acids is 1. The molecule has 1 aromatic carbocycles. The Hall–Kier alpha value is -4.32. The van der Waals surface area contributed by atoms with Gasteiger partial charge in [-0.3, -0.25) is 19.3 Å². The van der Waals surface area contributed by atoms with E-state index in [1.165, 1.54) is 5.56 Å². The molecule has 0 spiro atoms. The first kappa shape index (κ1) is 33.7. The highest BCUT2D eigenvalue weighted by atomic mass is 16.5. The van der Waals surface area contributed by atoms with Crippen LogP contribution < -0.4 is 15.5 Å². The first-order valence-electron chi connectivity index (χ1n) is 13.0. The Morgan fingerprint density at radius 2 is 1.90 bits per heavy atom. The molecule has 0 aliphatic carbocycles. The molecule has 0 aliphatic rings. The fraction of sp³-hybridized carbons (Fsp3) is 0.429. The minimum atomic E-state index is -0.817. The molecule has 0 bridgehead atoms. The molecule has 0 aliphatic heterocycles. The van der Waals surface area contributed by atoms with E-state index in [0.717, 1.165) is 12.2 Å². The van der Waals surface area contributed by atoms with Gasteiger partial charge in [-0.2, -0.15) is 10.1 Å². The van der Waals surface area contributed by atoms with E-state index in [9.17, 15) is 9.59 Å². The lowest BCUT2D eigenvalue weighted by Gasteiger charge is -2.20. The molecular formula is C28H42N8O4. The Bertz CT molecular complexity index is 1190. The lowest BCUT2D eigenvalue weighted by atomic mass is 10.2. The molecule has 0 radical (unpaired) electrons. The maximum atomic E-state index is 10.6. The fourth-order valence-electron chi connectivity index (χ4n) is 3.17. The number of aryl methyl sites for hydroxylation is 1. The first-order valence-corrected chi connectivity index (χ1v) is 13.0. The SMILES string of the molecule is C=Nc1cnc(Nc2cnn(CCCC(=O)O)c2)nc1N(C)c1ccc(CNC)cc1.CC.CC(C)(C)OC=O. The lowest BCUT2D eigenvalue weighted by Crippen LogP contribution is -2.17. The van der Waals surface area contributed by atoms with Gasteiger partial charge in [-0.15, -0.1) is 0 Å². The highest BCUT2D eigenvalue weighted by Crippen LogP contribution is 2.31. The number of rotatable bonds is 12. The standard InChI is InChI=1S/C21H26N8O2.C5H10O2.C2H6/c1-22-11-15-6-8-17(9-7-15)28(3)20-18(23-2)13-24-21(27-20)26-16-12-25-29(14-16)10-4-5-19(30)31;1-5(2,3)7-4-6;1-2/h6-9,12-14,22H,2,4-5,10-11H2,1,3H3,(H,30,31)(H,24,26,27);4H,1-3H3;1-2H3. The molecule has 0 amide bonds. The molecule has 218 valence electrons. The monoisotopic (exact) mass is 554 g/mol. The van der Waals surface area contributed by atoms with Gasteiger partial charge < -0.3 is 25.4 Å². The number of hydrogen-bond donors (Lipinski definition) is 3. The van der Waals surface area contributed by atoms with Gasteiger partial charge in [-0.05, 0) is 58.7 Å². The van der Waals surface area contributed by atoms with Crippen LogP contribution in [-0.2, 0) is 27.4 Å². The first-order chi connectivity index (χ1) is 19.1. The van der Waals surface area contributed by atoms with Gasteiger partial charge in [0.2, 0.25) is 5.95 Å². The van der Waals surface area contributed by atoms with Crippen molar-refractivity contribution < 1.29 is 19.4 Å². The van der Waals surface area contributed by atoms with E-state index in [1.807, 2.05) is 65.7 Å². The number of benzene rings is 1. The van der Waals surface area contributed by atoms with Crippen LogP contribution in [0, 0.1) is 0 Å². The van der Waals surface area contributed by atoms with E-state index in [-0.39, 0.29) is 12.0 Å². The summed E-state index contributed by atoms with van der Waals surface area (Å²) in [6, 6.07) is 8.16. The van der Waals surface area contributed by atoms with Crippen molar-refractivity contribution in [2.24, 2.45) is 4.99 Å². The number of aliphatic imine (C=N–C) groups is 1. The van der Waals surface area contributed by atoms with Gasteiger partial charge in [-0.25, -0.2) is 4.98 Å². The number of anilines is 4. The smallest absolute Gasteiger partial charge is 0.303 e. The number of carbonyl (C=O) groups excluding carboxylic acids is 1. The zero-order valence-corrected chi connectivity index (χ0v) is 24.5. The van der Waals surface area contributed by atoms with Crippen molar-refractivity contribution in [2.75, 3.05) is 24.3 Å². The number of carbonyl (C=O) groups is 2. The molecular weight excluding hydrogens is 512 g/mol. The van der Waals surface area contributed by atoms with Crippen LogP contribution >= 0.6 is 0 Å². The van der Waals surface area contributed by atoms with Crippen molar-refractivity contribution in [2.45, 2.75) is 66.2 Å². The van der Waals surface area contributed by atoms with Crippen LogP contribution in [0.3, 0.4) is 0 Å². The molecule has 0 saturated carbocycles. The number of aromatic nitrogens is 4. The van der Waals surface area contributed by atoms with Gasteiger partial charge in [0.1, 0.15) is 11.3 Å². The van der Waals surface area contributed by atoms with Crippen LogP contribution in [-0.4, -0.2) is 63.7 Å². The molecule has 0 saturated heterocycles. The van der Waals surface area contributed by atoms with Crippen LogP contribution in [0.4, 0.5) is 28.8 Å². The van der Waals surface area contributed by atoms with Crippen molar-refractivity contribution in [3.05, 3.63) is 48.4 Å². The number of nitrogens with zero attached hydrogens (tertiary/aromatic N) is 6. The highest BCUT2D eigenvalue weighted by molar-refractivity contribution is 5.72. The summed E-state index contributed by atoms with van der Waals surface area (Å²) in [6.45, 7) is 14.9. The third-order valence-electron chi connectivity index (χ3n) is 5.01. The lowest BCUT2D eigenvalue weighted by molar-refractivity contribution is -0.139. The molecule has 3 rings (SSSR count). The molecule has 40 heavy (non-hydrogen) atoms. The Labute approximate surface area is 236 Å². The average Bonchev–Trinajstić information content (AvgIpc) is 3.36. The van der Waals surface area contributed by atoms with Crippen molar-refractivity contribution in [3.63, 3.8) is 0 Å². The van der Waals surface area contributed by atoms with Crippen molar-refractivity contribution in [3.8, 4) is 0 Å². The summed E-state index contributed by atoms with van der Waals surface area (Å²) >= 11 is 0. The summed E-state index contributed by atoms with van der Waals surface area (Å²) in [5.74, 6) is 0.192. The quantitative estimate of drug-likeness (QED) is 0.204. The second-order valence-corrected chi connectivity index (χ2v) is 9.26. The average molecular weight is 555 g/mol. The van der Waals surface area contributed by atoms with Gasteiger partial charge in [0.15, 0.2) is 5.82 Å². The van der Waals surface area contributed by atoms with Crippen LogP contribution in [0.5, 0.6) is 0 Å². The zero-order chi connectivity index (χ0) is 30.1.